The fraction of sp³-hybridized carbons (Fsp3) is 0.100. The first kappa shape index (κ1) is 14.4. The van der Waals surface area contributed by atoms with Crippen molar-refractivity contribution in [3.8, 4) is 0 Å². The van der Waals surface area contributed by atoms with E-state index in [1.165, 1.54) is 47.0 Å². The van der Waals surface area contributed by atoms with Crippen LogP contribution < -0.4 is 5.73 Å². The quantitative estimate of drug-likeness (QED) is 0.655. The topological polar surface area (TPSA) is 89.1 Å². The fourth-order valence-electron chi connectivity index (χ4n) is 1.29. The van der Waals surface area contributed by atoms with E-state index >= 15 is 0 Å². The molecule has 1 aromatic carbocycles. The predicted octanol–water partition coefficient (Wildman–Crippen LogP) is 3.35. The molecule has 1 heterocycles. The number of carbonyl (C=O) groups is 1. The van der Waals surface area contributed by atoms with Gasteiger partial charge in [-0.2, -0.15) is 0 Å². The zero-order valence-electron chi connectivity index (χ0n) is 9.58. The second-order valence-electron chi connectivity index (χ2n) is 3.32. The van der Waals surface area contributed by atoms with Gasteiger partial charge in [0.25, 0.3) is 0 Å². The van der Waals surface area contributed by atoms with Gasteiger partial charge in [-0.25, -0.2) is 4.79 Å². The lowest BCUT2D eigenvalue weighted by atomic mass is 10.2. The predicted molar refractivity (Wildman–Crippen MR) is 78.6 cm³/mol. The van der Waals surface area contributed by atoms with Crippen molar-refractivity contribution in [2.45, 2.75) is 13.6 Å². The third kappa shape index (κ3) is 3.33. The lowest BCUT2D eigenvalue weighted by Gasteiger charge is -2.07. The Morgan fingerprint density at radius 2 is 2.11 bits per heavy atom. The third-order valence-corrected chi connectivity index (χ3v) is 5.55. The number of rotatable bonds is 4. The minimum atomic E-state index is -1.08. The SMILES string of the molecule is CSc1nnc(Sc2c(Cl)cc(N)cc2C(=O)O)s1. The van der Waals surface area contributed by atoms with Gasteiger partial charge in [0.05, 0.1) is 10.6 Å². The molecule has 0 aliphatic heterocycles. The maximum absolute atomic E-state index is 11.2. The molecular weight excluding hydrogens is 326 g/mol. The van der Waals surface area contributed by atoms with Gasteiger partial charge in [-0.15, -0.1) is 10.2 Å². The smallest absolute Gasteiger partial charge is 0.336 e. The van der Waals surface area contributed by atoms with Crippen LogP contribution in [0.2, 0.25) is 5.02 Å². The van der Waals surface area contributed by atoms with Crippen molar-refractivity contribution >= 4 is 58.1 Å². The van der Waals surface area contributed by atoms with Crippen LogP contribution in [-0.4, -0.2) is 27.5 Å². The molecule has 0 amide bonds. The molecule has 0 saturated heterocycles. The first-order valence-corrected chi connectivity index (χ1v) is 8.12. The summed E-state index contributed by atoms with van der Waals surface area (Å²) in [6.07, 6.45) is 1.90. The highest BCUT2D eigenvalue weighted by molar-refractivity contribution is 8.03. The van der Waals surface area contributed by atoms with Gasteiger partial charge in [0, 0.05) is 10.6 Å². The van der Waals surface area contributed by atoms with Crippen molar-refractivity contribution in [3.63, 3.8) is 0 Å². The number of hydrogen-bond donors (Lipinski definition) is 2. The summed E-state index contributed by atoms with van der Waals surface area (Å²) in [4.78, 5) is 11.6. The Kier molecular flexibility index (Phi) is 4.56. The standard InChI is InChI=1S/C10H8ClN3O2S3/c1-17-9-13-14-10(19-9)18-7-5(8(15)16)2-4(12)3-6(7)11/h2-3H,12H2,1H3,(H,15,16). The van der Waals surface area contributed by atoms with Crippen molar-refractivity contribution in [3.05, 3.63) is 22.7 Å². The molecular formula is C10H8ClN3O2S3. The highest BCUT2D eigenvalue weighted by Crippen LogP contribution is 2.39. The first-order chi connectivity index (χ1) is 9.01. The first-order valence-electron chi connectivity index (χ1n) is 4.89. The number of hydrogen-bond acceptors (Lipinski definition) is 7. The van der Waals surface area contributed by atoms with E-state index < -0.39 is 5.97 Å². The molecule has 0 radical (unpaired) electrons. The van der Waals surface area contributed by atoms with Crippen LogP contribution in [0, 0.1) is 0 Å². The normalized spacial score (nSPS) is 10.6. The van der Waals surface area contributed by atoms with E-state index in [2.05, 4.69) is 10.2 Å². The summed E-state index contributed by atoms with van der Waals surface area (Å²) in [7, 11) is 0. The molecule has 0 saturated carbocycles. The van der Waals surface area contributed by atoms with Crippen molar-refractivity contribution in [1.29, 1.82) is 0 Å². The van der Waals surface area contributed by atoms with Crippen molar-refractivity contribution in [2.24, 2.45) is 0 Å². The van der Waals surface area contributed by atoms with Crippen LogP contribution in [0.3, 0.4) is 0 Å². The highest BCUT2D eigenvalue weighted by atomic mass is 35.5. The minimum Gasteiger partial charge on any atom is -0.478 e. The molecule has 9 heteroatoms. The summed E-state index contributed by atoms with van der Waals surface area (Å²) < 4.78 is 1.45. The zero-order chi connectivity index (χ0) is 14.0. The van der Waals surface area contributed by atoms with Crippen LogP contribution in [0.25, 0.3) is 0 Å². The van der Waals surface area contributed by atoms with Crippen molar-refractivity contribution in [2.75, 3.05) is 12.0 Å². The van der Waals surface area contributed by atoms with E-state index in [-0.39, 0.29) is 5.56 Å². The van der Waals surface area contributed by atoms with Crippen molar-refractivity contribution in [1.82, 2.24) is 10.2 Å². The number of anilines is 1. The van der Waals surface area contributed by atoms with E-state index in [1.54, 1.807) is 0 Å². The molecule has 2 aromatic rings. The Labute approximate surface area is 126 Å². The number of carboxylic acids is 1. The average Bonchev–Trinajstić information content (AvgIpc) is 2.79. The van der Waals surface area contributed by atoms with Crippen LogP contribution >= 0.6 is 46.5 Å². The Hall–Kier alpha value is -0.960. The van der Waals surface area contributed by atoms with Crippen LogP contribution in [-0.2, 0) is 0 Å². The maximum atomic E-state index is 11.2. The Balaban J connectivity index is 2.41. The zero-order valence-corrected chi connectivity index (χ0v) is 12.8. The molecule has 100 valence electrons. The molecule has 0 aliphatic rings. The van der Waals surface area contributed by atoms with E-state index in [0.29, 0.717) is 19.9 Å². The molecule has 0 unspecified atom stereocenters. The molecule has 3 N–H and O–H groups in total. The van der Waals surface area contributed by atoms with Crippen LogP contribution in [0.4, 0.5) is 5.69 Å². The van der Waals surface area contributed by atoms with Crippen LogP contribution in [0.5, 0.6) is 0 Å². The van der Waals surface area contributed by atoms with Gasteiger partial charge in [-0.1, -0.05) is 46.5 Å². The Morgan fingerprint density at radius 1 is 1.42 bits per heavy atom. The van der Waals surface area contributed by atoms with Gasteiger partial charge in [-0.05, 0) is 18.4 Å². The number of carboxylic acid groups (broad SMARTS) is 1. The molecule has 0 atom stereocenters. The molecule has 19 heavy (non-hydrogen) atoms. The lowest BCUT2D eigenvalue weighted by molar-refractivity contribution is 0.0693. The summed E-state index contributed by atoms with van der Waals surface area (Å²) >= 11 is 10.1. The van der Waals surface area contributed by atoms with Crippen LogP contribution in [0.15, 0.2) is 25.7 Å². The third-order valence-electron chi connectivity index (χ3n) is 2.05. The van der Waals surface area contributed by atoms with Gasteiger partial charge < -0.3 is 10.8 Å². The van der Waals surface area contributed by atoms with E-state index in [0.717, 1.165) is 4.34 Å². The summed E-state index contributed by atoms with van der Waals surface area (Å²) in [6.45, 7) is 0. The summed E-state index contributed by atoms with van der Waals surface area (Å²) in [5.41, 5.74) is 5.98. The highest BCUT2D eigenvalue weighted by Gasteiger charge is 2.18. The molecule has 0 fully saturated rings. The second-order valence-corrected chi connectivity index (χ2v) is 7.02. The van der Waals surface area contributed by atoms with E-state index in [9.17, 15) is 9.90 Å². The number of aromatic carboxylic acids is 1. The number of halogens is 1. The van der Waals surface area contributed by atoms with Gasteiger partial charge in [-0.3, -0.25) is 0 Å². The average molecular weight is 334 g/mol. The van der Waals surface area contributed by atoms with Crippen LogP contribution in [0.1, 0.15) is 10.4 Å². The number of aromatic nitrogens is 2. The van der Waals surface area contributed by atoms with Crippen molar-refractivity contribution < 1.29 is 9.90 Å². The second kappa shape index (κ2) is 6.00. The fourth-order valence-corrected chi connectivity index (χ4v) is 4.11. The number of benzene rings is 1. The minimum absolute atomic E-state index is 0.0656. The van der Waals surface area contributed by atoms with E-state index in [1.807, 2.05) is 6.26 Å². The monoisotopic (exact) mass is 333 g/mol. The molecule has 0 spiro atoms. The maximum Gasteiger partial charge on any atom is 0.336 e. The summed E-state index contributed by atoms with van der Waals surface area (Å²) in [6, 6.07) is 2.90. The van der Waals surface area contributed by atoms with Gasteiger partial charge in [0.2, 0.25) is 0 Å². The number of nitrogens with zero attached hydrogens (tertiary/aromatic N) is 2. The van der Waals surface area contributed by atoms with Gasteiger partial charge >= 0.3 is 5.97 Å². The molecule has 0 bridgehead atoms. The summed E-state index contributed by atoms with van der Waals surface area (Å²) in [5.74, 6) is -1.08. The number of nitrogen functional groups attached to an aromatic ring is 1. The molecule has 2 rings (SSSR count). The lowest BCUT2D eigenvalue weighted by Crippen LogP contribution is -2.01. The van der Waals surface area contributed by atoms with Gasteiger partial charge in [0.1, 0.15) is 0 Å². The number of thioether (sulfide) groups is 1. The Morgan fingerprint density at radius 3 is 2.68 bits per heavy atom. The molecule has 0 aliphatic carbocycles. The molecule has 5 nitrogen and oxygen atoms in total. The Bertz CT molecular complexity index is 632. The number of nitrogens with two attached hydrogens (primary N) is 1. The largest absolute Gasteiger partial charge is 0.478 e. The van der Waals surface area contributed by atoms with Gasteiger partial charge in [0.15, 0.2) is 8.68 Å². The summed E-state index contributed by atoms with van der Waals surface area (Å²) in [5, 5.41) is 17.4. The van der Waals surface area contributed by atoms with E-state index in [4.69, 9.17) is 17.3 Å². The molecule has 1 aromatic heterocycles.